The Morgan fingerprint density at radius 2 is 1.07 bits per heavy atom. The number of hydrogen-bond donors (Lipinski definition) is 0. The zero-order valence-corrected chi connectivity index (χ0v) is 11.2. The van der Waals surface area contributed by atoms with Crippen molar-refractivity contribution in [3.63, 3.8) is 0 Å². The number of thiocarbonyl (C=S) groups is 2. The lowest BCUT2D eigenvalue weighted by atomic mass is 10.2. The maximum absolute atomic E-state index is 5.19. The van der Waals surface area contributed by atoms with Crippen LogP contribution in [0.5, 0.6) is 0 Å². The van der Waals surface area contributed by atoms with Gasteiger partial charge in [-0.25, -0.2) is 0 Å². The summed E-state index contributed by atoms with van der Waals surface area (Å²) in [5.41, 5.74) is 0. The molecule has 4 heteroatoms. The summed E-state index contributed by atoms with van der Waals surface area (Å²) in [6, 6.07) is 0. The minimum atomic E-state index is 0.998. The lowest BCUT2D eigenvalue weighted by Crippen LogP contribution is -2.20. The Morgan fingerprint density at radius 1 is 0.786 bits per heavy atom. The van der Waals surface area contributed by atoms with Gasteiger partial charge in [0.1, 0.15) is 0 Å². The van der Waals surface area contributed by atoms with E-state index in [4.69, 9.17) is 24.4 Å². The van der Waals surface area contributed by atoms with Crippen LogP contribution in [0.3, 0.4) is 0 Å². The first-order chi connectivity index (χ1) is 6.45. The van der Waals surface area contributed by atoms with Crippen molar-refractivity contribution in [2.45, 2.75) is 25.7 Å². The molecule has 0 saturated carbocycles. The van der Waals surface area contributed by atoms with E-state index in [2.05, 4.69) is 0 Å². The van der Waals surface area contributed by atoms with Crippen molar-refractivity contribution >= 4 is 34.4 Å². The Kier molecular flexibility index (Phi) is 7.01. The van der Waals surface area contributed by atoms with Crippen molar-refractivity contribution in [2.75, 3.05) is 28.2 Å². The lowest BCUT2D eigenvalue weighted by Gasteiger charge is -2.15. The molecule has 0 aromatic heterocycles. The first kappa shape index (κ1) is 13.8. The van der Waals surface area contributed by atoms with Gasteiger partial charge in [0.2, 0.25) is 0 Å². The van der Waals surface area contributed by atoms with Gasteiger partial charge in [-0.3, -0.25) is 0 Å². The minimum Gasteiger partial charge on any atom is -0.372 e. The van der Waals surface area contributed by atoms with E-state index in [0.717, 1.165) is 35.7 Å². The number of nitrogens with zero attached hydrogens (tertiary/aromatic N) is 2. The molecular formula is C10H20N2S2. The number of unbranched alkanes of at least 4 members (excludes halogenated alkanes) is 1. The van der Waals surface area contributed by atoms with Crippen LogP contribution in [-0.2, 0) is 0 Å². The van der Waals surface area contributed by atoms with E-state index in [9.17, 15) is 0 Å². The predicted molar refractivity (Wildman–Crippen MR) is 71.0 cm³/mol. The van der Waals surface area contributed by atoms with Gasteiger partial charge >= 0.3 is 0 Å². The molecule has 0 aliphatic carbocycles. The molecule has 14 heavy (non-hydrogen) atoms. The molecule has 0 rings (SSSR count). The molecule has 0 aliphatic rings. The second-order valence-corrected chi connectivity index (χ2v) is 4.73. The third-order valence-electron chi connectivity index (χ3n) is 2.03. The molecule has 0 aromatic rings. The molecule has 0 bridgehead atoms. The van der Waals surface area contributed by atoms with Crippen molar-refractivity contribution in [3.05, 3.63) is 0 Å². The fraction of sp³-hybridized carbons (Fsp3) is 0.800. The van der Waals surface area contributed by atoms with E-state index in [-0.39, 0.29) is 0 Å². The van der Waals surface area contributed by atoms with Crippen LogP contribution in [0.1, 0.15) is 25.7 Å². The quantitative estimate of drug-likeness (QED) is 0.530. The molecule has 0 unspecified atom stereocenters. The molecule has 0 radical (unpaired) electrons. The first-order valence-electron chi connectivity index (χ1n) is 4.85. The van der Waals surface area contributed by atoms with Gasteiger partial charge in [-0.15, -0.1) is 0 Å². The van der Waals surface area contributed by atoms with Crippen LogP contribution >= 0.6 is 24.4 Å². The van der Waals surface area contributed by atoms with Gasteiger partial charge in [-0.1, -0.05) is 24.4 Å². The molecule has 0 amide bonds. The van der Waals surface area contributed by atoms with Gasteiger partial charge in [0.05, 0.1) is 9.98 Å². The monoisotopic (exact) mass is 232 g/mol. The largest absolute Gasteiger partial charge is 0.372 e. The Bertz CT molecular complexity index is 178. The van der Waals surface area contributed by atoms with E-state index in [1.807, 2.05) is 38.0 Å². The molecule has 0 heterocycles. The zero-order chi connectivity index (χ0) is 11.1. The molecule has 0 saturated heterocycles. The van der Waals surface area contributed by atoms with Crippen molar-refractivity contribution in [3.8, 4) is 0 Å². The molecule has 2 nitrogen and oxygen atoms in total. The maximum atomic E-state index is 5.19. The molecule has 0 N–H and O–H groups in total. The summed E-state index contributed by atoms with van der Waals surface area (Å²) >= 11 is 10.4. The van der Waals surface area contributed by atoms with Crippen molar-refractivity contribution < 1.29 is 0 Å². The average molecular weight is 232 g/mol. The molecular weight excluding hydrogens is 212 g/mol. The van der Waals surface area contributed by atoms with E-state index in [0.29, 0.717) is 0 Å². The third-order valence-corrected chi connectivity index (χ3v) is 3.17. The van der Waals surface area contributed by atoms with Crippen LogP contribution in [0, 0.1) is 0 Å². The Labute approximate surface area is 98.3 Å². The highest BCUT2D eigenvalue weighted by Gasteiger charge is 2.01. The van der Waals surface area contributed by atoms with Gasteiger partial charge in [0.25, 0.3) is 0 Å². The SMILES string of the molecule is CN(C)C(=S)CCCCC(=S)N(C)C. The summed E-state index contributed by atoms with van der Waals surface area (Å²) in [7, 11) is 7.97. The van der Waals surface area contributed by atoms with Crippen LogP contribution in [-0.4, -0.2) is 48.0 Å². The smallest absolute Gasteiger partial charge is 0.0774 e. The third kappa shape index (κ3) is 6.27. The second-order valence-electron chi connectivity index (χ2n) is 3.78. The second kappa shape index (κ2) is 7.12. The maximum Gasteiger partial charge on any atom is 0.0774 e. The normalized spacial score (nSPS) is 9.71. The predicted octanol–water partition coefficient (Wildman–Crippen LogP) is 2.32. The van der Waals surface area contributed by atoms with E-state index in [1.54, 1.807) is 0 Å². The fourth-order valence-corrected chi connectivity index (χ4v) is 1.29. The van der Waals surface area contributed by atoms with E-state index < -0.39 is 0 Å². The highest BCUT2D eigenvalue weighted by Crippen LogP contribution is 2.05. The molecule has 82 valence electrons. The topological polar surface area (TPSA) is 6.48 Å². The zero-order valence-electron chi connectivity index (χ0n) is 9.54. The standard InChI is InChI=1S/C10H20N2S2/c1-11(2)9(13)7-5-6-8-10(14)12(3)4/h5-8H2,1-4H3. The molecule has 0 aliphatic heterocycles. The Morgan fingerprint density at radius 3 is 1.29 bits per heavy atom. The van der Waals surface area contributed by atoms with Crippen LogP contribution in [0.25, 0.3) is 0 Å². The minimum absolute atomic E-state index is 0.998. The highest BCUT2D eigenvalue weighted by atomic mass is 32.1. The summed E-state index contributed by atoms with van der Waals surface area (Å²) in [6.45, 7) is 0. The summed E-state index contributed by atoms with van der Waals surface area (Å²) in [6.07, 6.45) is 4.26. The van der Waals surface area contributed by atoms with Crippen molar-refractivity contribution in [1.82, 2.24) is 9.80 Å². The fourth-order valence-electron chi connectivity index (χ4n) is 1.000. The first-order valence-corrected chi connectivity index (χ1v) is 5.67. The van der Waals surface area contributed by atoms with Gasteiger partial charge in [0, 0.05) is 28.2 Å². The number of hydrogen-bond acceptors (Lipinski definition) is 2. The molecule has 0 fully saturated rings. The Balaban J connectivity index is 3.48. The van der Waals surface area contributed by atoms with Gasteiger partial charge in [0.15, 0.2) is 0 Å². The van der Waals surface area contributed by atoms with Crippen molar-refractivity contribution in [2.24, 2.45) is 0 Å². The van der Waals surface area contributed by atoms with Crippen LogP contribution in [0.2, 0.25) is 0 Å². The van der Waals surface area contributed by atoms with Crippen LogP contribution in [0.4, 0.5) is 0 Å². The van der Waals surface area contributed by atoms with E-state index >= 15 is 0 Å². The number of rotatable bonds is 5. The lowest BCUT2D eigenvalue weighted by molar-refractivity contribution is 0.593. The molecule has 0 aromatic carbocycles. The molecule has 0 spiro atoms. The van der Waals surface area contributed by atoms with E-state index in [1.165, 1.54) is 0 Å². The van der Waals surface area contributed by atoms with Gasteiger partial charge < -0.3 is 9.80 Å². The summed E-state index contributed by atoms with van der Waals surface area (Å²) < 4.78 is 0. The molecule has 0 atom stereocenters. The van der Waals surface area contributed by atoms with Crippen LogP contribution in [0.15, 0.2) is 0 Å². The average Bonchev–Trinajstić information content (AvgIpc) is 2.11. The highest BCUT2D eigenvalue weighted by molar-refractivity contribution is 7.80. The van der Waals surface area contributed by atoms with Crippen LogP contribution < -0.4 is 0 Å². The summed E-state index contributed by atoms with van der Waals surface area (Å²) in [4.78, 5) is 6.06. The summed E-state index contributed by atoms with van der Waals surface area (Å²) in [5, 5.41) is 0. The van der Waals surface area contributed by atoms with Crippen molar-refractivity contribution in [1.29, 1.82) is 0 Å². The summed E-state index contributed by atoms with van der Waals surface area (Å²) in [5.74, 6) is 0. The van der Waals surface area contributed by atoms with Gasteiger partial charge in [-0.05, 0) is 25.7 Å². The van der Waals surface area contributed by atoms with Gasteiger partial charge in [-0.2, -0.15) is 0 Å². The Hall–Kier alpha value is -0.220.